The Balaban J connectivity index is 2.09. The minimum Gasteiger partial charge on any atom is -0.386 e. The fraction of sp³-hybridized carbons (Fsp3) is 0.417. The number of nitrogens with zero attached hydrogens (tertiary/aromatic N) is 1. The molecule has 1 heterocycles. The first-order valence-corrected chi connectivity index (χ1v) is 6.16. The lowest BCUT2D eigenvalue weighted by atomic mass is 10.0. The van der Waals surface area contributed by atoms with Crippen LogP contribution in [-0.2, 0) is 4.74 Å². The zero-order valence-electron chi connectivity index (χ0n) is 9.24. The van der Waals surface area contributed by atoms with E-state index in [0.717, 1.165) is 10.2 Å². The number of benzene rings is 1. The Morgan fingerprint density at radius 1 is 1.59 bits per heavy atom. The Hall–Kier alpha value is -1.09. The molecule has 17 heavy (non-hydrogen) atoms. The van der Waals surface area contributed by atoms with Gasteiger partial charge < -0.3 is 15.2 Å². The van der Waals surface area contributed by atoms with Crippen LogP contribution in [0.3, 0.4) is 0 Å². The van der Waals surface area contributed by atoms with Crippen molar-refractivity contribution in [3.63, 3.8) is 0 Å². The van der Waals surface area contributed by atoms with Crippen LogP contribution in [0.5, 0.6) is 0 Å². The molecule has 0 saturated carbocycles. The summed E-state index contributed by atoms with van der Waals surface area (Å²) in [6, 6.07) is 7.62. The molecule has 1 aliphatic heterocycles. The van der Waals surface area contributed by atoms with Crippen molar-refractivity contribution in [3.05, 3.63) is 28.2 Å². The second-order valence-electron chi connectivity index (χ2n) is 4.15. The molecule has 1 atom stereocenters. The second-order valence-corrected chi connectivity index (χ2v) is 5.01. The van der Waals surface area contributed by atoms with Crippen molar-refractivity contribution < 1.29 is 9.84 Å². The highest BCUT2D eigenvalue weighted by molar-refractivity contribution is 9.10. The summed E-state index contributed by atoms with van der Waals surface area (Å²) in [7, 11) is 0. The van der Waals surface area contributed by atoms with Crippen molar-refractivity contribution in [1.29, 1.82) is 5.26 Å². The quantitative estimate of drug-likeness (QED) is 0.894. The first kappa shape index (κ1) is 12.4. The molecule has 0 spiro atoms. The highest BCUT2D eigenvalue weighted by Crippen LogP contribution is 2.25. The van der Waals surface area contributed by atoms with Gasteiger partial charge in [0.15, 0.2) is 0 Å². The monoisotopic (exact) mass is 296 g/mol. The molecule has 0 amide bonds. The number of halogens is 1. The van der Waals surface area contributed by atoms with Crippen molar-refractivity contribution in [2.45, 2.75) is 12.0 Å². The van der Waals surface area contributed by atoms with Crippen molar-refractivity contribution >= 4 is 21.6 Å². The summed E-state index contributed by atoms with van der Waals surface area (Å²) in [5.41, 5.74) is 0.451. The average molecular weight is 297 g/mol. The molecule has 1 fully saturated rings. The molecule has 0 radical (unpaired) electrons. The van der Waals surface area contributed by atoms with E-state index in [1.165, 1.54) is 0 Å². The van der Waals surface area contributed by atoms with E-state index >= 15 is 0 Å². The normalized spacial score (nSPS) is 23.4. The summed E-state index contributed by atoms with van der Waals surface area (Å²) in [5.74, 6) is 0. The average Bonchev–Trinajstić information content (AvgIpc) is 2.74. The molecule has 1 aromatic carbocycles. The number of nitriles is 1. The van der Waals surface area contributed by atoms with Gasteiger partial charge in [-0.05, 0) is 28.1 Å². The highest BCUT2D eigenvalue weighted by Gasteiger charge is 2.32. The fourth-order valence-corrected chi connectivity index (χ4v) is 2.24. The van der Waals surface area contributed by atoms with Crippen LogP contribution in [0.2, 0.25) is 0 Å². The molecule has 0 aliphatic carbocycles. The maximum atomic E-state index is 10.1. The van der Waals surface area contributed by atoms with E-state index in [0.29, 0.717) is 31.7 Å². The van der Waals surface area contributed by atoms with Crippen LogP contribution < -0.4 is 5.32 Å². The molecular weight excluding hydrogens is 284 g/mol. The molecule has 2 N–H and O–H groups in total. The molecule has 0 aromatic heterocycles. The van der Waals surface area contributed by atoms with Gasteiger partial charge in [-0.15, -0.1) is 0 Å². The number of aliphatic hydroxyl groups is 1. The van der Waals surface area contributed by atoms with Gasteiger partial charge in [0.25, 0.3) is 0 Å². The van der Waals surface area contributed by atoms with Crippen LogP contribution in [-0.4, -0.2) is 30.5 Å². The van der Waals surface area contributed by atoms with Gasteiger partial charge in [-0.1, -0.05) is 6.07 Å². The van der Waals surface area contributed by atoms with E-state index in [-0.39, 0.29) is 0 Å². The summed E-state index contributed by atoms with van der Waals surface area (Å²) >= 11 is 3.32. The molecule has 1 aromatic rings. The van der Waals surface area contributed by atoms with Gasteiger partial charge in [-0.25, -0.2) is 0 Å². The third-order valence-electron chi connectivity index (χ3n) is 2.82. The second kappa shape index (κ2) is 5.05. The summed E-state index contributed by atoms with van der Waals surface area (Å²) in [6.45, 7) is 1.32. The third-order valence-corrected chi connectivity index (χ3v) is 3.48. The predicted octanol–water partition coefficient (Wildman–Crippen LogP) is 1.88. The van der Waals surface area contributed by atoms with Gasteiger partial charge in [0, 0.05) is 24.0 Å². The van der Waals surface area contributed by atoms with Crippen molar-refractivity contribution in [1.82, 2.24) is 0 Å². The van der Waals surface area contributed by atoms with Gasteiger partial charge in [-0.3, -0.25) is 0 Å². The van der Waals surface area contributed by atoms with Crippen LogP contribution in [0.1, 0.15) is 12.0 Å². The first-order valence-electron chi connectivity index (χ1n) is 5.37. The van der Waals surface area contributed by atoms with Crippen LogP contribution >= 0.6 is 15.9 Å². The summed E-state index contributed by atoms with van der Waals surface area (Å²) in [4.78, 5) is 0. The number of nitrogens with one attached hydrogen (secondary N) is 1. The lowest BCUT2D eigenvalue weighted by Gasteiger charge is -2.21. The lowest BCUT2D eigenvalue weighted by Crippen LogP contribution is -2.37. The number of rotatable bonds is 3. The van der Waals surface area contributed by atoms with Crippen LogP contribution in [0.25, 0.3) is 0 Å². The standard InChI is InChI=1S/C12H13BrN2O2/c13-10-2-1-3-11(9(10)6-14)15-7-12(16)4-5-17-8-12/h1-3,15-16H,4-5,7-8H2. The first-order chi connectivity index (χ1) is 8.14. The summed E-state index contributed by atoms with van der Waals surface area (Å²) in [6.07, 6.45) is 0.621. The van der Waals surface area contributed by atoms with E-state index in [1.54, 1.807) is 0 Å². The lowest BCUT2D eigenvalue weighted by molar-refractivity contribution is 0.0382. The largest absolute Gasteiger partial charge is 0.386 e. The molecular formula is C12H13BrN2O2. The van der Waals surface area contributed by atoms with Crippen molar-refractivity contribution in [2.75, 3.05) is 25.1 Å². The number of ether oxygens (including phenoxy) is 1. The Morgan fingerprint density at radius 2 is 2.41 bits per heavy atom. The molecule has 1 aliphatic rings. The van der Waals surface area contributed by atoms with Crippen LogP contribution in [0, 0.1) is 11.3 Å². The molecule has 1 saturated heterocycles. The topological polar surface area (TPSA) is 65.3 Å². The summed E-state index contributed by atoms with van der Waals surface area (Å²) in [5, 5.41) is 22.3. The van der Waals surface area contributed by atoms with Gasteiger partial charge in [-0.2, -0.15) is 5.26 Å². The molecule has 5 heteroatoms. The van der Waals surface area contributed by atoms with Crippen LogP contribution in [0.15, 0.2) is 22.7 Å². The number of hydrogen-bond acceptors (Lipinski definition) is 4. The zero-order chi connectivity index (χ0) is 12.3. The van der Waals surface area contributed by atoms with Gasteiger partial charge in [0.1, 0.15) is 11.7 Å². The number of hydrogen-bond donors (Lipinski definition) is 2. The Morgan fingerprint density at radius 3 is 3.06 bits per heavy atom. The van der Waals surface area contributed by atoms with Gasteiger partial charge in [0.05, 0.1) is 17.9 Å². The molecule has 0 bridgehead atoms. The minimum atomic E-state index is -0.824. The molecule has 1 unspecified atom stereocenters. The van der Waals surface area contributed by atoms with E-state index in [9.17, 15) is 5.11 Å². The van der Waals surface area contributed by atoms with E-state index in [2.05, 4.69) is 27.3 Å². The SMILES string of the molecule is N#Cc1c(Br)cccc1NCC1(O)CCOC1. The molecule has 90 valence electrons. The smallest absolute Gasteiger partial charge is 0.107 e. The Kier molecular flexibility index (Phi) is 3.67. The molecule has 2 rings (SSSR count). The van der Waals surface area contributed by atoms with E-state index < -0.39 is 5.60 Å². The van der Waals surface area contributed by atoms with Crippen LogP contribution in [0.4, 0.5) is 5.69 Å². The summed E-state index contributed by atoms with van der Waals surface area (Å²) < 4.78 is 5.91. The Labute approximate surface area is 108 Å². The highest BCUT2D eigenvalue weighted by atomic mass is 79.9. The van der Waals surface area contributed by atoms with E-state index in [4.69, 9.17) is 10.00 Å². The predicted molar refractivity (Wildman–Crippen MR) is 67.7 cm³/mol. The molecule has 4 nitrogen and oxygen atoms in total. The van der Waals surface area contributed by atoms with E-state index in [1.807, 2.05) is 18.2 Å². The van der Waals surface area contributed by atoms with Crippen molar-refractivity contribution in [3.8, 4) is 6.07 Å². The minimum absolute atomic E-state index is 0.343. The Bertz CT molecular complexity index is 450. The number of anilines is 1. The maximum Gasteiger partial charge on any atom is 0.107 e. The maximum absolute atomic E-state index is 10.1. The third kappa shape index (κ3) is 2.78. The van der Waals surface area contributed by atoms with Crippen molar-refractivity contribution in [2.24, 2.45) is 0 Å². The fourth-order valence-electron chi connectivity index (χ4n) is 1.78. The van der Waals surface area contributed by atoms with Gasteiger partial charge >= 0.3 is 0 Å². The van der Waals surface area contributed by atoms with Gasteiger partial charge in [0.2, 0.25) is 0 Å². The zero-order valence-corrected chi connectivity index (χ0v) is 10.8.